The minimum atomic E-state index is -0.253. The maximum atomic E-state index is 13.0. The second-order valence-electron chi connectivity index (χ2n) is 7.13. The minimum absolute atomic E-state index is 0.0405. The molecule has 0 bridgehead atoms. The molecule has 2 aliphatic heterocycles. The third kappa shape index (κ3) is 3.82. The van der Waals surface area contributed by atoms with Crippen molar-refractivity contribution < 1.29 is 9.53 Å². The maximum Gasteiger partial charge on any atom is 0.344 e. The minimum Gasteiger partial charge on any atom is -0.376 e. The van der Waals surface area contributed by atoms with Gasteiger partial charge in [0.15, 0.2) is 5.16 Å². The Morgan fingerprint density at radius 2 is 2.22 bits per heavy atom. The van der Waals surface area contributed by atoms with E-state index in [0.29, 0.717) is 11.7 Å². The molecule has 0 spiro atoms. The number of rotatable bonds is 5. The second-order valence-corrected chi connectivity index (χ2v) is 8.07. The fraction of sp³-hybridized carbons (Fsp3) is 0.526. The first kappa shape index (κ1) is 18.3. The van der Waals surface area contributed by atoms with Gasteiger partial charge in [-0.15, -0.1) is 5.10 Å². The Morgan fingerprint density at radius 3 is 3.04 bits per heavy atom. The van der Waals surface area contributed by atoms with Crippen molar-refractivity contribution in [1.29, 1.82) is 0 Å². The molecule has 0 saturated carbocycles. The van der Waals surface area contributed by atoms with Crippen LogP contribution in [0.1, 0.15) is 31.7 Å². The number of benzene rings is 1. The molecule has 0 aliphatic carbocycles. The molecule has 0 radical (unpaired) electrons. The molecular formula is C19H24N4O3S. The van der Waals surface area contributed by atoms with E-state index in [9.17, 15) is 9.59 Å². The van der Waals surface area contributed by atoms with E-state index >= 15 is 0 Å². The predicted octanol–water partition coefficient (Wildman–Crippen LogP) is 2.21. The quantitative estimate of drug-likeness (QED) is 0.795. The van der Waals surface area contributed by atoms with Crippen LogP contribution in [0.15, 0.2) is 34.2 Å². The number of hydrogen-bond donors (Lipinski definition) is 1. The number of aryl methyl sites for hydroxylation is 1. The van der Waals surface area contributed by atoms with Gasteiger partial charge in [0.1, 0.15) is 0 Å². The van der Waals surface area contributed by atoms with E-state index in [2.05, 4.69) is 23.2 Å². The third-order valence-electron chi connectivity index (χ3n) is 5.25. The highest BCUT2D eigenvalue weighted by Gasteiger charge is 2.28. The topological polar surface area (TPSA) is 80.2 Å². The van der Waals surface area contributed by atoms with Gasteiger partial charge in [-0.05, 0) is 44.2 Å². The number of carbonyl (C=O) groups excluding carboxylic acids is 1. The molecule has 1 aromatic carbocycles. The van der Waals surface area contributed by atoms with Gasteiger partial charge in [-0.2, -0.15) is 0 Å². The number of aromatic amines is 1. The van der Waals surface area contributed by atoms with Crippen molar-refractivity contribution in [2.24, 2.45) is 0 Å². The van der Waals surface area contributed by atoms with Gasteiger partial charge in [0, 0.05) is 18.3 Å². The van der Waals surface area contributed by atoms with E-state index in [1.807, 2.05) is 23.1 Å². The van der Waals surface area contributed by atoms with Crippen LogP contribution in [0.3, 0.4) is 0 Å². The predicted molar refractivity (Wildman–Crippen MR) is 104 cm³/mol. The number of aromatic nitrogens is 3. The summed E-state index contributed by atoms with van der Waals surface area (Å²) in [6.45, 7) is 3.31. The number of hydrogen-bond acceptors (Lipinski definition) is 5. The molecule has 144 valence electrons. The van der Waals surface area contributed by atoms with Crippen LogP contribution < -0.4 is 10.6 Å². The number of H-pyrrole nitrogens is 1. The van der Waals surface area contributed by atoms with E-state index < -0.39 is 0 Å². The van der Waals surface area contributed by atoms with Crippen LogP contribution in [0.4, 0.5) is 5.69 Å². The van der Waals surface area contributed by atoms with Crippen LogP contribution in [0.25, 0.3) is 0 Å². The fourth-order valence-corrected chi connectivity index (χ4v) is 4.65. The Bertz CT molecular complexity index is 872. The smallest absolute Gasteiger partial charge is 0.344 e. The van der Waals surface area contributed by atoms with Crippen molar-refractivity contribution in [2.45, 2.75) is 56.5 Å². The Morgan fingerprint density at radius 1 is 1.37 bits per heavy atom. The van der Waals surface area contributed by atoms with Crippen LogP contribution in [-0.4, -0.2) is 45.2 Å². The molecule has 1 saturated heterocycles. The summed E-state index contributed by atoms with van der Waals surface area (Å²) in [5.41, 5.74) is 1.96. The number of ether oxygens (including phenoxy) is 1. The highest BCUT2D eigenvalue weighted by atomic mass is 32.2. The molecule has 3 heterocycles. The van der Waals surface area contributed by atoms with Gasteiger partial charge in [-0.25, -0.2) is 9.89 Å². The zero-order valence-corrected chi connectivity index (χ0v) is 16.2. The molecule has 0 unspecified atom stereocenters. The second kappa shape index (κ2) is 7.90. The maximum absolute atomic E-state index is 13.0. The first-order chi connectivity index (χ1) is 13.1. The molecule has 1 aromatic heterocycles. The molecule has 8 heteroatoms. The summed E-state index contributed by atoms with van der Waals surface area (Å²) in [7, 11) is 0. The van der Waals surface area contributed by atoms with Gasteiger partial charge < -0.3 is 9.64 Å². The number of fused-ring (bicyclic) bond motifs is 1. The van der Waals surface area contributed by atoms with E-state index in [1.165, 1.54) is 17.3 Å². The van der Waals surface area contributed by atoms with Gasteiger partial charge in [-0.1, -0.05) is 30.0 Å². The number of nitrogens with one attached hydrogen (secondary N) is 1. The Balaban J connectivity index is 1.46. The first-order valence-electron chi connectivity index (χ1n) is 9.43. The standard InChI is InChI=1S/C19H24N4O3S/c1-13-8-9-14-5-2-3-7-16(14)23(13)17(24)12-27-19-21-20-18(25)22(19)11-15-6-4-10-26-15/h2-3,5,7,13,15H,4,6,8-12H2,1H3,(H,20,25)/t13-,15+/m1/s1. The molecular weight excluding hydrogens is 364 g/mol. The zero-order chi connectivity index (χ0) is 18.8. The SMILES string of the molecule is C[C@@H]1CCc2ccccc2N1C(=O)CSc1n[nH]c(=O)n1C[C@@H]1CCCO1. The van der Waals surface area contributed by atoms with Gasteiger partial charge in [0.05, 0.1) is 18.4 Å². The van der Waals surface area contributed by atoms with Gasteiger partial charge in [0.2, 0.25) is 5.91 Å². The van der Waals surface area contributed by atoms with Crippen LogP contribution in [0.2, 0.25) is 0 Å². The molecule has 1 amide bonds. The molecule has 1 N–H and O–H groups in total. The molecule has 2 aromatic rings. The Labute approximate surface area is 162 Å². The Hall–Kier alpha value is -2.06. The summed E-state index contributed by atoms with van der Waals surface area (Å²) < 4.78 is 7.21. The van der Waals surface area contributed by atoms with Crippen molar-refractivity contribution >= 4 is 23.4 Å². The average molecular weight is 388 g/mol. The van der Waals surface area contributed by atoms with E-state index in [-0.39, 0.29) is 29.5 Å². The largest absolute Gasteiger partial charge is 0.376 e. The molecule has 2 aliphatic rings. The van der Waals surface area contributed by atoms with Crippen LogP contribution >= 0.6 is 11.8 Å². The summed E-state index contributed by atoms with van der Waals surface area (Å²) in [6, 6.07) is 8.25. The highest BCUT2D eigenvalue weighted by Crippen LogP contribution is 2.31. The molecule has 27 heavy (non-hydrogen) atoms. The summed E-state index contributed by atoms with van der Waals surface area (Å²) in [4.78, 5) is 26.9. The van der Waals surface area contributed by atoms with Crippen molar-refractivity contribution in [1.82, 2.24) is 14.8 Å². The lowest BCUT2D eigenvalue weighted by molar-refractivity contribution is -0.116. The van der Waals surface area contributed by atoms with E-state index in [1.54, 1.807) is 4.57 Å². The van der Waals surface area contributed by atoms with Crippen molar-refractivity contribution in [2.75, 3.05) is 17.3 Å². The summed E-state index contributed by atoms with van der Waals surface area (Å²) in [5, 5.41) is 7.14. The lowest BCUT2D eigenvalue weighted by Gasteiger charge is -2.35. The molecule has 7 nitrogen and oxygen atoms in total. The van der Waals surface area contributed by atoms with E-state index in [4.69, 9.17) is 4.74 Å². The van der Waals surface area contributed by atoms with Gasteiger partial charge in [-0.3, -0.25) is 9.36 Å². The highest BCUT2D eigenvalue weighted by molar-refractivity contribution is 7.99. The monoisotopic (exact) mass is 388 g/mol. The Kier molecular flexibility index (Phi) is 5.36. The molecule has 1 fully saturated rings. The number of carbonyl (C=O) groups is 1. The van der Waals surface area contributed by atoms with Crippen LogP contribution in [0, 0.1) is 0 Å². The van der Waals surface area contributed by atoms with Crippen molar-refractivity contribution in [3.8, 4) is 0 Å². The number of thioether (sulfide) groups is 1. The third-order valence-corrected chi connectivity index (χ3v) is 6.21. The number of anilines is 1. The number of nitrogens with zero attached hydrogens (tertiary/aromatic N) is 3. The zero-order valence-electron chi connectivity index (χ0n) is 15.4. The van der Waals surface area contributed by atoms with Crippen LogP contribution in [0.5, 0.6) is 0 Å². The number of amides is 1. The lowest BCUT2D eigenvalue weighted by atomic mass is 9.97. The number of para-hydroxylation sites is 1. The van der Waals surface area contributed by atoms with Crippen molar-refractivity contribution in [3.05, 3.63) is 40.3 Å². The fourth-order valence-electron chi connectivity index (χ4n) is 3.83. The molecule has 4 rings (SSSR count). The van der Waals surface area contributed by atoms with Crippen molar-refractivity contribution in [3.63, 3.8) is 0 Å². The summed E-state index contributed by atoms with van der Waals surface area (Å²) in [5.74, 6) is 0.285. The van der Waals surface area contributed by atoms with Gasteiger partial charge in [0.25, 0.3) is 0 Å². The first-order valence-corrected chi connectivity index (χ1v) is 10.4. The average Bonchev–Trinajstić information content (AvgIpc) is 3.31. The summed E-state index contributed by atoms with van der Waals surface area (Å²) >= 11 is 1.30. The summed E-state index contributed by atoms with van der Waals surface area (Å²) in [6.07, 6.45) is 3.96. The van der Waals surface area contributed by atoms with Crippen LogP contribution in [-0.2, 0) is 22.5 Å². The lowest BCUT2D eigenvalue weighted by Crippen LogP contribution is -2.43. The molecule has 2 atom stereocenters. The van der Waals surface area contributed by atoms with Gasteiger partial charge >= 0.3 is 5.69 Å². The van der Waals surface area contributed by atoms with E-state index in [0.717, 1.165) is 38.0 Å². The normalized spacial score (nSPS) is 22.0.